The molecule has 0 radical (unpaired) electrons. The van der Waals surface area contributed by atoms with E-state index in [0.29, 0.717) is 16.3 Å². The number of anilines is 1. The van der Waals surface area contributed by atoms with Crippen LogP contribution in [0, 0.1) is 6.92 Å². The van der Waals surface area contributed by atoms with Crippen LogP contribution < -0.4 is 10.1 Å². The predicted octanol–water partition coefficient (Wildman–Crippen LogP) is 4.90. The molecule has 2 aromatic rings. The van der Waals surface area contributed by atoms with Gasteiger partial charge in [-0.25, -0.2) is 0 Å². The number of rotatable bonds is 5. The quantitative estimate of drug-likeness (QED) is 0.788. The molecule has 6 heteroatoms. The van der Waals surface area contributed by atoms with E-state index in [2.05, 4.69) is 10.1 Å². The molecule has 0 aliphatic rings. The van der Waals surface area contributed by atoms with Crippen LogP contribution in [0.2, 0.25) is 5.02 Å². The Labute approximate surface area is 137 Å². The van der Waals surface area contributed by atoms with Gasteiger partial charge in [-0.05, 0) is 48.4 Å². The predicted molar refractivity (Wildman–Crippen MR) is 86.9 cm³/mol. The molecule has 0 aliphatic carbocycles. The summed E-state index contributed by atoms with van der Waals surface area (Å²) in [5.74, 6) is -0.251. The lowest BCUT2D eigenvalue weighted by Gasteiger charge is -2.06. The molecule has 2 rings (SSSR count). The Bertz CT molecular complexity index is 715. The van der Waals surface area contributed by atoms with Crippen LogP contribution in [0.5, 0.6) is 5.75 Å². The molecule has 0 unspecified atom stereocenters. The zero-order valence-corrected chi connectivity index (χ0v) is 13.0. The summed E-state index contributed by atoms with van der Waals surface area (Å²) in [6, 6.07) is 11.2. The van der Waals surface area contributed by atoms with E-state index in [1.807, 2.05) is 13.0 Å². The lowest BCUT2D eigenvalue weighted by molar-refractivity contribution is -0.111. The highest BCUT2D eigenvalue weighted by Crippen LogP contribution is 2.20. The topological polar surface area (TPSA) is 38.3 Å². The Morgan fingerprint density at radius 1 is 1.22 bits per heavy atom. The van der Waals surface area contributed by atoms with Gasteiger partial charge in [0.25, 0.3) is 0 Å². The van der Waals surface area contributed by atoms with Crippen LogP contribution in [0.3, 0.4) is 0 Å². The van der Waals surface area contributed by atoms with Gasteiger partial charge in [-0.15, -0.1) is 0 Å². The number of benzene rings is 2. The van der Waals surface area contributed by atoms with Crippen LogP contribution >= 0.6 is 11.6 Å². The summed E-state index contributed by atoms with van der Waals surface area (Å²) >= 11 is 5.89. The molecule has 1 amide bonds. The SMILES string of the molecule is Cc1ccc(Cl)cc1NC(=O)/C=C/c1ccc(OC(F)F)cc1. The Balaban J connectivity index is 1.99. The number of nitrogens with one attached hydrogen (secondary N) is 1. The molecule has 120 valence electrons. The minimum Gasteiger partial charge on any atom is -0.435 e. The van der Waals surface area contributed by atoms with E-state index in [1.54, 1.807) is 30.3 Å². The van der Waals surface area contributed by atoms with Crippen molar-refractivity contribution in [2.75, 3.05) is 5.32 Å². The molecule has 0 heterocycles. The third kappa shape index (κ3) is 5.38. The maximum atomic E-state index is 12.0. The third-order valence-electron chi connectivity index (χ3n) is 2.99. The van der Waals surface area contributed by atoms with Gasteiger partial charge in [0, 0.05) is 16.8 Å². The molecule has 1 N–H and O–H groups in total. The highest BCUT2D eigenvalue weighted by atomic mass is 35.5. The minimum atomic E-state index is -2.86. The van der Waals surface area contributed by atoms with Gasteiger partial charge in [0.2, 0.25) is 5.91 Å². The number of carbonyl (C=O) groups is 1. The van der Waals surface area contributed by atoms with Crippen molar-refractivity contribution >= 4 is 29.3 Å². The Hall–Kier alpha value is -2.40. The Kier molecular flexibility index (Phi) is 5.71. The van der Waals surface area contributed by atoms with Gasteiger partial charge in [0.05, 0.1) is 0 Å². The van der Waals surface area contributed by atoms with Gasteiger partial charge in [-0.2, -0.15) is 8.78 Å². The highest BCUT2D eigenvalue weighted by Gasteiger charge is 2.04. The minimum absolute atomic E-state index is 0.0659. The normalized spacial score (nSPS) is 11.0. The van der Waals surface area contributed by atoms with Crippen LogP contribution in [0.4, 0.5) is 14.5 Å². The standard InChI is InChI=1S/C17H14ClF2NO2/c1-11-2-6-13(18)10-15(11)21-16(22)9-5-12-3-7-14(8-4-12)23-17(19)20/h2-10,17H,1H3,(H,21,22)/b9-5+. The molecule has 0 aromatic heterocycles. The van der Waals surface area contributed by atoms with Crippen LogP contribution in [-0.4, -0.2) is 12.5 Å². The summed E-state index contributed by atoms with van der Waals surface area (Å²) in [4.78, 5) is 11.9. The van der Waals surface area contributed by atoms with Gasteiger partial charge >= 0.3 is 6.61 Å². The fraction of sp³-hybridized carbons (Fsp3) is 0.118. The fourth-order valence-corrected chi connectivity index (χ4v) is 2.01. The second kappa shape index (κ2) is 7.74. The van der Waals surface area contributed by atoms with Crippen molar-refractivity contribution in [3.05, 3.63) is 64.7 Å². The summed E-state index contributed by atoms with van der Waals surface area (Å²) in [6.07, 6.45) is 2.92. The first-order valence-electron chi connectivity index (χ1n) is 6.74. The van der Waals surface area contributed by atoms with Crippen molar-refractivity contribution in [1.82, 2.24) is 0 Å². The highest BCUT2D eigenvalue weighted by molar-refractivity contribution is 6.31. The second-order valence-electron chi connectivity index (χ2n) is 4.73. The van der Waals surface area contributed by atoms with E-state index in [4.69, 9.17) is 11.6 Å². The number of hydrogen-bond acceptors (Lipinski definition) is 2. The first kappa shape index (κ1) is 17.0. The summed E-state index contributed by atoms with van der Waals surface area (Å²) in [5.41, 5.74) is 2.21. The fourth-order valence-electron chi connectivity index (χ4n) is 1.84. The molecule has 0 aliphatic heterocycles. The number of alkyl halides is 2. The summed E-state index contributed by atoms with van der Waals surface area (Å²) in [7, 11) is 0. The number of ether oxygens (including phenoxy) is 1. The molecule has 0 bridgehead atoms. The monoisotopic (exact) mass is 337 g/mol. The second-order valence-corrected chi connectivity index (χ2v) is 5.17. The van der Waals surface area contributed by atoms with E-state index < -0.39 is 6.61 Å². The van der Waals surface area contributed by atoms with Crippen molar-refractivity contribution in [3.8, 4) is 5.75 Å². The molecule has 3 nitrogen and oxygen atoms in total. The van der Waals surface area contributed by atoms with Gasteiger partial charge in [-0.1, -0.05) is 29.8 Å². The number of aryl methyl sites for hydroxylation is 1. The Morgan fingerprint density at radius 2 is 1.91 bits per heavy atom. The van der Waals surface area contributed by atoms with Crippen LogP contribution in [0.25, 0.3) is 6.08 Å². The third-order valence-corrected chi connectivity index (χ3v) is 3.23. The van der Waals surface area contributed by atoms with Crippen molar-refractivity contribution < 1.29 is 18.3 Å². The van der Waals surface area contributed by atoms with E-state index >= 15 is 0 Å². The maximum absolute atomic E-state index is 12.0. The average molecular weight is 338 g/mol. The average Bonchev–Trinajstić information content (AvgIpc) is 2.50. The van der Waals surface area contributed by atoms with Gasteiger partial charge in [-0.3, -0.25) is 4.79 Å². The zero-order chi connectivity index (χ0) is 16.8. The molecule has 0 atom stereocenters. The summed E-state index contributed by atoms with van der Waals surface area (Å²) in [6.45, 7) is -1.000. The van der Waals surface area contributed by atoms with Crippen LogP contribution in [0.1, 0.15) is 11.1 Å². The van der Waals surface area contributed by atoms with Crippen LogP contribution in [0.15, 0.2) is 48.5 Å². The van der Waals surface area contributed by atoms with Gasteiger partial charge in [0.1, 0.15) is 5.75 Å². The van der Waals surface area contributed by atoms with E-state index in [1.165, 1.54) is 18.2 Å². The van der Waals surface area contributed by atoms with Crippen molar-refractivity contribution in [1.29, 1.82) is 0 Å². The lowest BCUT2D eigenvalue weighted by Crippen LogP contribution is -2.08. The molecule has 2 aromatic carbocycles. The van der Waals surface area contributed by atoms with Crippen molar-refractivity contribution in [2.45, 2.75) is 13.5 Å². The largest absolute Gasteiger partial charge is 0.435 e. The van der Waals surface area contributed by atoms with Gasteiger partial charge < -0.3 is 10.1 Å². The van der Waals surface area contributed by atoms with Gasteiger partial charge in [0.15, 0.2) is 0 Å². The number of amides is 1. The Morgan fingerprint density at radius 3 is 2.57 bits per heavy atom. The smallest absolute Gasteiger partial charge is 0.387 e. The number of hydrogen-bond donors (Lipinski definition) is 1. The molecule has 0 saturated carbocycles. The first-order valence-corrected chi connectivity index (χ1v) is 7.12. The molecule has 23 heavy (non-hydrogen) atoms. The molecule has 0 spiro atoms. The molecule has 0 saturated heterocycles. The van der Waals surface area contributed by atoms with E-state index in [9.17, 15) is 13.6 Å². The maximum Gasteiger partial charge on any atom is 0.387 e. The summed E-state index contributed by atoms with van der Waals surface area (Å²) < 4.78 is 28.3. The zero-order valence-electron chi connectivity index (χ0n) is 12.2. The van der Waals surface area contributed by atoms with Crippen LogP contribution in [-0.2, 0) is 4.79 Å². The molecular formula is C17H14ClF2NO2. The van der Waals surface area contributed by atoms with Crippen molar-refractivity contribution in [2.24, 2.45) is 0 Å². The van der Waals surface area contributed by atoms with Crippen molar-refractivity contribution in [3.63, 3.8) is 0 Å². The number of halogens is 3. The first-order chi connectivity index (χ1) is 10.9. The lowest BCUT2D eigenvalue weighted by atomic mass is 10.2. The molecular weight excluding hydrogens is 324 g/mol. The number of carbonyl (C=O) groups excluding carboxylic acids is 1. The molecule has 0 fully saturated rings. The van der Waals surface area contributed by atoms with E-state index in [0.717, 1.165) is 5.56 Å². The van der Waals surface area contributed by atoms with E-state index in [-0.39, 0.29) is 11.7 Å². The summed E-state index contributed by atoms with van der Waals surface area (Å²) in [5, 5.41) is 3.26.